The summed E-state index contributed by atoms with van der Waals surface area (Å²) in [6.07, 6.45) is 3.14. The maximum Gasteiger partial charge on any atom is 0.305 e. The molecular formula is C16H23NO3S. The van der Waals surface area contributed by atoms with E-state index in [1.165, 1.54) is 10.4 Å². The van der Waals surface area contributed by atoms with Crippen LogP contribution in [0, 0.1) is 5.92 Å². The van der Waals surface area contributed by atoms with Gasteiger partial charge in [0.05, 0.1) is 12.0 Å². The third-order valence-electron chi connectivity index (χ3n) is 4.24. The van der Waals surface area contributed by atoms with Gasteiger partial charge in [0.15, 0.2) is 0 Å². The van der Waals surface area contributed by atoms with Crippen LogP contribution >= 0.6 is 11.3 Å². The smallest absolute Gasteiger partial charge is 0.305 e. The second-order valence-corrected chi connectivity index (χ2v) is 6.90. The van der Waals surface area contributed by atoms with E-state index in [4.69, 9.17) is 5.11 Å². The van der Waals surface area contributed by atoms with Gasteiger partial charge in [0.2, 0.25) is 0 Å². The van der Waals surface area contributed by atoms with Crippen molar-refractivity contribution >= 4 is 23.2 Å². The van der Waals surface area contributed by atoms with Gasteiger partial charge in [-0.2, -0.15) is 0 Å². The highest BCUT2D eigenvalue weighted by molar-refractivity contribution is 7.10. The molecule has 1 amide bonds. The zero-order valence-electron chi connectivity index (χ0n) is 12.9. The Kier molecular flexibility index (Phi) is 5.04. The fraction of sp³-hybridized carbons (Fsp3) is 0.625. The molecule has 1 heterocycles. The predicted octanol–water partition coefficient (Wildman–Crippen LogP) is 3.20. The van der Waals surface area contributed by atoms with Crippen molar-refractivity contribution in [1.82, 2.24) is 4.90 Å². The molecule has 0 fully saturated rings. The fourth-order valence-electron chi connectivity index (χ4n) is 3.03. The number of carbonyl (C=O) groups is 2. The van der Waals surface area contributed by atoms with E-state index in [2.05, 4.69) is 6.92 Å². The molecule has 0 saturated carbocycles. The molecule has 1 N–H and O–H groups in total. The standard InChI is InChI=1S/C16H23NO3S/c1-4-17(11(3)8-15(18)19)16(20)13-9-21-14-7-10(2)5-6-12(13)14/h9-11H,4-8H2,1-3H3,(H,18,19). The quantitative estimate of drug-likeness (QED) is 0.908. The average Bonchev–Trinajstić information content (AvgIpc) is 2.81. The highest BCUT2D eigenvalue weighted by Gasteiger charge is 2.28. The van der Waals surface area contributed by atoms with Gasteiger partial charge in [0.25, 0.3) is 5.91 Å². The molecule has 0 aromatic carbocycles. The van der Waals surface area contributed by atoms with Gasteiger partial charge in [-0.05, 0) is 44.6 Å². The molecule has 1 aliphatic carbocycles. The molecule has 1 aliphatic rings. The average molecular weight is 309 g/mol. The lowest BCUT2D eigenvalue weighted by atomic mass is 9.88. The monoisotopic (exact) mass is 309 g/mol. The van der Waals surface area contributed by atoms with E-state index in [1.807, 2.05) is 12.3 Å². The third-order valence-corrected chi connectivity index (χ3v) is 5.29. The van der Waals surface area contributed by atoms with Crippen molar-refractivity contribution in [3.63, 3.8) is 0 Å². The van der Waals surface area contributed by atoms with Gasteiger partial charge >= 0.3 is 5.97 Å². The maximum atomic E-state index is 12.8. The van der Waals surface area contributed by atoms with Gasteiger partial charge in [-0.15, -0.1) is 11.3 Å². The molecule has 0 spiro atoms. The van der Waals surface area contributed by atoms with Gasteiger partial charge in [-0.3, -0.25) is 9.59 Å². The Hall–Kier alpha value is -1.36. The van der Waals surface area contributed by atoms with E-state index >= 15 is 0 Å². The Bertz CT molecular complexity index is 538. The van der Waals surface area contributed by atoms with E-state index in [0.717, 1.165) is 24.8 Å². The third kappa shape index (κ3) is 3.46. The van der Waals surface area contributed by atoms with Gasteiger partial charge in [0, 0.05) is 22.8 Å². The molecule has 0 radical (unpaired) electrons. The second-order valence-electron chi connectivity index (χ2n) is 5.94. The topological polar surface area (TPSA) is 57.6 Å². The number of fused-ring (bicyclic) bond motifs is 1. The van der Waals surface area contributed by atoms with Crippen LogP contribution in [0.5, 0.6) is 0 Å². The summed E-state index contributed by atoms with van der Waals surface area (Å²) in [5, 5.41) is 10.9. The fourth-order valence-corrected chi connectivity index (χ4v) is 4.27. The van der Waals surface area contributed by atoms with Crippen LogP contribution in [0.3, 0.4) is 0 Å². The maximum absolute atomic E-state index is 12.8. The molecule has 0 saturated heterocycles. The van der Waals surface area contributed by atoms with Gasteiger partial charge in [-0.25, -0.2) is 0 Å². The van der Waals surface area contributed by atoms with Crippen LogP contribution in [0.4, 0.5) is 0 Å². The first-order valence-electron chi connectivity index (χ1n) is 7.56. The van der Waals surface area contributed by atoms with E-state index in [-0.39, 0.29) is 18.4 Å². The number of aliphatic carboxylic acids is 1. The molecule has 5 heteroatoms. The van der Waals surface area contributed by atoms with Gasteiger partial charge < -0.3 is 10.0 Å². The Balaban J connectivity index is 2.20. The molecule has 2 rings (SSSR count). The van der Waals surface area contributed by atoms with Gasteiger partial charge in [-0.1, -0.05) is 6.92 Å². The summed E-state index contributed by atoms with van der Waals surface area (Å²) < 4.78 is 0. The molecule has 4 nitrogen and oxygen atoms in total. The Morgan fingerprint density at radius 2 is 2.24 bits per heavy atom. The molecular weight excluding hydrogens is 286 g/mol. The van der Waals surface area contributed by atoms with Crippen LogP contribution in [-0.2, 0) is 17.6 Å². The summed E-state index contributed by atoms with van der Waals surface area (Å²) in [5.74, 6) is -0.194. The number of carboxylic acid groups (broad SMARTS) is 1. The van der Waals surface area contributed by atoms with Crippen LogP contribution in [0.25, 0.3) is 0 Å². The number of thiophene rings is 1. The summed E-state index contributed by atoms with van der Waals surface area (Å²) >= 11 is 1.67. The van der Waals surface area contributed by atoms with Crippen LogP contribution in [0.15, 0.2) is 5.38 Å². The largest absolute Gasteiger partial charge is 0.481 e. The van der Waals surface area contributed by atoms with E-state index < -0.39 is 5.97 Å². The van der Waals surface area contributed by atoms with E-state index in [0.29, 0.717) is 12.5 Å². The Morgan fingerprint density at radius 1 is 1.52 bits per heavy atom. The molecule has 1 aromatic rings. The lowest BCUT2D eigenvalue weighted by Gasteiger charge is -2.28. The number of carbonyl (C=O) groups excluding carboxylic acids is 1. The zero-order valence-corrected chi connectivity index (χ0v) is 13.7. The summed E-state index contributed by atoms with van der Waals surface area (Å²) in [6, 6.07) is -0.280. The SMILES string of the molecule is CCN(C(=O)c1csc2c1CCC(C)C2)C(C)CC(=O)O. The minimum absolute atomic E-state index is 0.0110. The molecule has 0 bridgehead atoms. The zero-order chi connectivity index (χ0) is 15.6. The van der Waals surface area contributed by atoms with Crippen molar-refractivity contribution in [2.45, 2.75) is 52.5 Å². The summed E-state index contributed by atoms with van der Waals surface area (Å²) in [7, 11) is 0. The molecule has 21 heavy (non-hydrogen) atoms. The van der Waals surface area contributed by atoms with Crippen LogP contribution in [-0.4, -0.2) is 34.5 Å². The normalized spacial score (nSPS) is 18.9. The number of hydrogen-bond acceptors (Lipinski definition) is 3. The Labute approximate surface area is 129 Å². The second kappa shape index (κ2) is 6.60. The summed E-state index contributed by atoms with van der Waals surface area (Å²) in [5.41, 5.74) is 1.99. The van der Waals surface area contributed by atoms with Crippen LogP contribution in [0.2, 0.25) is 0 Å². The molecule has 2 unspecified atom stereocenters. The number of amides is 1. The van der Waals surface area contributed by atoms with Crippen molar-refractivity contribution in [1.29, 1.82) is 0 Å². The van der Waals surface area contributed by atoms with Crippen LogP contribution < -0.4 is 0 Å². The van der Waals surface area contributed by atoms with Crippen molar-refractivity contribution in [3.8, 4) is 0 Å². The molecule has 116 valence electrons. The van der Waals surface area contributed by atoms with Crippen molar-refractivity contribution in [2.24, 2.45) is 5.92 Å². The number of nitrogens with zero attached hydrogens (tertiary/aromatic N) is 1. The number of carboxylic acids is 1. The first-order valence-corrected chi connectivity index (χ1v) is 8.44. The van der Waals surface area contributed by atoms with Gasteiger partial charge in [0.1, 0.15) is 0 Å². The number of hydrogen-bond donors (Lipinski definition) is 1. The summed E-state index contributed by atoms with van der Waals surface area (Å²) in [6.45, 7) is 6.49. The van der Waals surface area contributed by atoms with Crippen molar-refractivity contribution in [2.75, 3.05) is 6.54 Å². The first-order chi connectivity index (χ1) is 9.93. The highest BCUT2D eigenvalue weighted by Crippen LogP contribution is 2.33. The lowest BCUT2D eigenvalue weighted by molar-refractivity contribution is -0.138. The molecule has 0 aliphatic heterocycles. The molecule has 1 aromatic heterocycles. The Morgan fingerprint density at radius 3 is 2.86 bits per heavy atom. The van der Waals surface area contributed by atoms with Crippen molar-refractivity contribution in [3.05, 3.63) is 21.4 Å². The van der Waals surface area contributed by atoms with E-state index in [1.54, 1.807) is 23.2 Å². The highest BCUT2D eigenvalue weighted by atomic mass is 32.1. The first kappa shape index (κ1) is 16.0. The predicted molar refractivity (Wildman–Crippen MR) is 83.9 cm³/mol. The van der Waals surface area contributed by atoms with Crippen LogP contribution in [0.1, 0.15) is 54.4 Å². The summed E-state index contributed by atoms with van der Waals surface area (Å²) in [4.78, 5) is 26.6. The minimum Gasteiger partial charge on any atom is -0.481 e. The number of rotatable bonds is 5. The minimum atomic E-state index is -0.866. The molecule has 2 atom stereocenters. The van der Waals surface area contributed by atoms with E-state index in [9.17, 15) is 9.59 Å². The van der Waals surface area contributed by atoms with Crippen molar-refractivity contribution < 1.29 is 14.7 Å². The lowest BCUT2D eigenvalue weighted by Crippen LogP contribution is -2.40.